The van der Waals surface area contributed by atoms with Crippen molar-refractivity contribution < 1.29 is 33.1 Å². The number of ketones is 1. The van der Waals surface area contributed by atoms with Gasteiger partial charge in [-0.2, -0.15) is 5.26 Å². The van der Waals surface area contributed by atoms with Gasteiger partial charge in [-0.05, 0) is 31.7 Å². The number of hydrogen-bond acceptors (Lipinski definition) is 8. The maximum absolute atomic E-state index is 15.3. The van der Waals surface area contributed by atoms with E-state index in [1.54, 1.807) is 0 Å². The van der Waals surface area contributed by atoms with Crippen molar-refractivity contribution in [2.45, 2.75) is 32.1 Å². The quantitative estimate of drug-likeness (QED) is 0.168. The molecule has 0 bridgehead atoms. The summed E-state index contributed by atoms with van der Waals surface area (Å²) in [6, 6.07) is 2.27. The van der Waals surface area contributed by atoms with Crippen molar-refractivity contribution in [2.75, 3.05) is 24.1 Å². The van der Waals surface area contributed by atoms with E-state index in [2.05, 4.69) is 10.2 Å². The normalized spacial score (nSPS) is 15.6. The van der Waals surface area contributed by atoms with E-state index in [4.69, 9.17) is 21.7 Å². The molecule has 1 aromatic carbocycles. The van der Waals surface area contributed by atoms with Gasteiger partial charge in [-0.15, -0.1) is 0 Å². The number of anilines is 2. The number of imide groups is 1. The van der Waals surface area contributed by atoms with Crippen molar-refractivity contribution >= 4 is 46.5 Å². The lowest BCUT2D eigenvalue weighted by molar-refractivity contribution is -0.141. The highest BCUT2D eigenvalue weighted by Crippen LogP contribution is 2.41. The number of methoxy groups -OCH3 is 1. The monoisotopic (exact) mass is 449 g/mol. The van der Waals surface area contributed by atoms with E-state index in [9.17, 15) is 19.2 Å². The SMILES string of the molecule is COC(=O)CCONc1c(F)c(N2C(=O)C3=C(CCCC3)C2=O)cc(C(=O)C#N)c1Cl. The number of carbonyl (C=O) groups excluding carboxylic acids is 4. The van der Waals surface area contributed by atoms with E-state index in [1.807, 2.05) is 0 Å². The number of halogens is 2. The van der Waals surface area contributed by atoms with Crippen molar-refractivity contribution in [3.63, 3.8) is 0 Å². The third kappa shape index (κ3) is 4.15. The molecule has 0 fully saturated rings. The number of nitrogens with zero attached hydrogens (tertiary/aromatic N) is 2. The maximum Gasteiger partial charge on any atom is 0.307 e. The van der Waals surface area contributed by atoms with Crippen molar-refractivity contribution in [3.05, 3.63) is 33.6 Å². The molecular formula is C20H17ClFN3O6. The van der Waals surface area contributed by atoms with Crippen molar-refractivity contribution in [1.29, 1.82) is 5.26 Å². The van der Waals surface area contributed by atoms with Gasteiger partial charge in [0.25, 0.3) is 17.6 Å². The summed E-state index contributed by atoms with van der Waals surface area (Å²) >= 11 is 6.08. The Morgan fingerprint density at radius 3 is 2.42 bits per heavy atom. The average molecular weight is 450 g/mol. The molecule has 1 heterocycles. The van der Waals surface area contributed by atoms with Crippen LogP contribution in [0, 0.1) is 17.1 Å². The summed E-state index contributed by atoms with van der Waals surface area (Å²) in [7, 11) is 1.19. The first kappa shape index (κ1) is 22.4. The molecule has 1 aromatic rings. The van der Waals surface area contributed by atoms with E-state index >= 15 is 4.39 Å². The van der Waals surface area contributed by atoms with E-state index in [0.717, 1.165) is 18.9 Å². The molecule has 0 saturated heterocycles. The predicted molar refractivity (Wildman–Crippen MR) is 106 cm³/mol. The van der Waals surface area contributed by atoms with Gasteiger partial charge in [0.15, 0.2) is 5.82 Å². The second-order valence-corrected chi connectivity index (χ2v) is 7.15. The number of benzene rings is 1. The summed E-state index contributed by atoms with van der Waals surface area (Å²) in [5, 5.41) is 8.52. The number of Topliss-reactive ketones (excluding diaryl/α,β-unsaturated/α-hetero) is 1. The van der Waals surface area contributed by atoms with Crippen LogP contribution in [-0.4, -0.2) is 37.3 Å². The van der Waals surface area contributed by atoms with Gasteiger partial charge in [0.05, 0.1) is 36.4 Å². The first-order chi connectivity index (χ1) is 14.8. The van der Waals surface area contributed by atoms with Gasteiger partial charge in [-0.3, -0.25) is 29.5 Å². The fraction of sp³-hybridized carbons (Fsp3) is 0.350. The first-order valence-corrected chi connectivity index (χ1v) is 9.71. The zero-order chi connectivity index (χ0) is 22.7. The van der Waals surface area contributed by atoms with Gasteiger partial charge in [-0.1, -0.05) is 11.6 Å². The average Bonchev–Trinajstić information content (AvgIpc) is 3.03. The van der Waals surface area contributed by atoms with Crippen LogP contribution in [0.5, 0.6) is 0 Å². The van der Waals surface area contributed by atoms with Gasteiger partial charge in [-0.25, -0.2) is 9.29 Å². The fourth-order valence-corrected chi connectivity index (χ4v) is 3.68. The Balaban J connectivity index is 2.00. The molecule has 1 aliphatic carbocycles. The Hall–Kier alpha value is -3.29. The van der Waals surface area contributed by atoms with E-state index < -0.39 is 51.3 Å². The Labute approximate surface area is 181 Å². The molecule has 31 heavy (non-hydrogen) atoms. The van der Waals surface area contributed by atoms with Gasteiger partial charge in [0.2, 0.25) is 0 Å². The molecule has 1 N–H and O–H groups in total. The highest BCUT2D eigenvalue weighted by molar-refractivity contribution is 6.38. The maximum atomic E-state index is 15.3. The summed E-state index contributed by atoms with van der Waals surface area (Å²) in [6.45, 7) is -0.231. The summed E-state index contributed by atoms with van der Waals surface area (Å²) < 4.78 is 19.8. The third-order valence-electron chi connectivity index (χ3n) is 4.97. The molecule has 2 amide bonds. The van der Waals surface area contributed by atoms with Crippen molar-refractivity contribution in [3.8, 4) is 6.07 Å². The summed E-state index contributed by atoms with van der Waals surface area (Å²) in [5.74, 6) is -4.14. The second-order valence-electron chi connectivity index (χ2n) is 6.77. The van der Waals surface area contributed by atoms with Crippen LogP contribution < -0.4 is 10.4 Å². The van der Waals surface area contributed by atoms with Crippen LogP contribution in [0.25, 0.3) is 0 Å². The van der Waals surface area contributed by atoms with Crippen LogP contribution in [-0.2, 0) is 24.0 Å². The van der Waals surface area contributed by atoms with Crippen LogP contribution >= 0.6 is 11.6 Å². The third-order valence-corrected chi connectivity index (χ3v) is 5.36. The molecule has 0 aromatic heterocycles. The molecule has 0 atom stereocenters. The highest BCUT2D eigenvalue weighted by Gasteiger charge is 2.42. The van der Waals surface area contributed by atoms with E-state index in [-0.39, 0.29) is 13.0 Å². The van der Waals surface area contributed by atoms with Crippen LogP contribution in [0.15, 0.2) is 17.2 Å². The molecule has 0 unspecified atom stereocenters. The molecular weight excluding hydrogens is 433 g/mol. The molecule has 0 spiro atoms. The van der Waals surface area contributed by atoms with Gasteiger partial charge in [0, 0.05) is 11.1 Å². The van der Waals surface area contributed by atoms with Crippen LogP contribution in [0.1, 0.15) is 42.5 Å². The van der Waals surface area contributed by atoms with Crippen LogP contribution in [0.3, 0.4) is 0 Å². The minimum Gasteiger partial charge on any atom is -0.469 e. The highest BCUT2D eigenvalue weighted by atomic mass is 35.5. The minimum absolute atomic E-state index is 0.161. The number of carbonyl (C=O) groups is 4. The number of ether oxygens (including phenoxy) is 1. The number of hydrogen-bond donors (Lipinski definition) is 1. The molecule has 0 saturated carbocycles. The summed E-state index contributed by atoms with van der Waals surface area (Å²) in [5.41, 5.74) is 1.36. The topological polar surface area (TPSA) is 126 Å². The lowest BCUT2D eigenvalue weighted by Crippen LogP contribution is -2.33. The Morgan fingerprint density at radius 1 is 1.26 bits per heavy atom. The summed E-state index contributed by atoms with van der Waals surface area (Å²) in [6.07, 6.45) is 2.10. The minimum atomic E-state index is -1.13. The molecule has 11 heteroatoms. The predicted octanol–water partition coefficient (Wildman–Crippen LogP) is 2.84. The molecule has 162 valence electrons. The van der Waals surface area contributed by atoms with Gasteiger partial charge >= 0.3 is 5.97 Å². The largest absolute Gasteiger partial charge is 0.469 e. The van der Waals surface area contributed by atoms with E-state index in [0.29, 0.717) is 28.9 Å². The Bertz CT molecular complexity index is 1030. The number of esters is 1. The lowest BCUT2D eigenvalue weighted by Gasteiger charge is -2.20. The van der Waals surface area contributed by atoms with Crippen LogP contribution in [0.2, 0.25) is 5.02 Å². The standard InChI is InChI=1S/C20H17ClFN3O6/c1-30-15(27)6-7-31-24-18-16(21)12(14(26)9-23)8-13(17(18)22)25-19(28)10-4-2-3-5-11(10)20(25)29/h8,24H,2-7H2,1H3. The number of amides is 2. The zero-order valence-corrected chi connectivity index (χ0v) is 17.2. The smallest absolute Gasteiger partial charge is 0.307 e. The molecule has 0 radical (unpaired) electrons. The number of nitrogens with one attached hydrogen (secondary N) is 1. The Morgan fingerprint density at radius 2 is 1.87 bits per heavy atom. The zero-order valence-electron chi connectivity index (χ0n) is 16.4. The van der Waals surface area contributed by atoms with Crippen molar-refractivity contribution in [2.24, 2.45) is 0 Å². The number of rotatable bonds is 7. The number of nitriles is 1. The van der Waals surface area contributed by atoms with Gasteiger partial charge < -0.3 is 4.74 Å². The first-order valence-electron chi connectivity index (χ1n) is 9.33. The molecule has 9 nitrogen and oxygen atoms in total. The molecule has 3 rings (SSSR count). The second kappa shape index (κ2) is 9.24. The lowest BCUT2D eigenvalue weighted by atomic mass is 9.93. The van der Waals surface area contributed by atoms with Gasteiger partial charge in [0.1, 0.15) is 11.8 Å². The summed E-state index contributed by atoms with van der Waals surface area (Å²) in [4.78, 5) is 54.5. The Kier molecular flexibility index (Phi) is 6.68. The molecule has 2 aliphatic rings. The molecule has 1 aliphatic heterocycles. The van der Waals surface area contributed by atoms with E-state index in [1.165, 1.54) is 13.2 Å². The van der Waals surface area contributed by atoms with Crippen LogP contribution in [0.4, 0.5) is 15.8 Å². The van der Waals surface area contributed by atoms with Crippen molar-refractivity contribution in [1.82, 2.24) is 0 Å². The fourth-order valence-electron chi connectivity index (χ4n) is 3.42.